The summed E-state index contributed by atoms with van der Waals surface area (Å²) in [5, 5.41) is 3.26. The summed E-state index contributed by atoms with van der Waals surface area (Å²) in [6.07, 6.45) is 2.24. The number of benzene rings is 1. The van der Waals surface area contributed by atoms with Gasteiger partial charge in [-0.2, -0.15) is 0 Å². The maximum atomic E-state index is 14.3. The van der Waals surface area contributed by atoms with Crippen LogP contribution in [0.25, 0.3) is 0 Å². The van der Waals surface area contributed by atoms with E-state index >= 15 is 0 Å². The van der Waals surface area contributed by atoms with Gasteiger partial charge in [-0.1, -0.05) is 19.1 Å². The molecule has 0 bridgehead atoms. The number of halogens is 1. The van der Waals surface area contributed by atoms with Gasteiger partial charge in [0.2, 0.25) is 0 Å². The number of Topliss-reactive ketones (excluding diaryl/α,β-unsaturated/α-hetero) is 1. The maximum absolute atomic E-state index is 14.3. The van der Waals surface area contributed by atoms with Crippen molar-refractivity contribution in [2.75, 3.05) is 13.1 Å². The largest absolute Gasteiger partial charge is 0.317 e. The molecule has 0 saturated carbocycles. The molecule has 2 rings (SSSR count). The molecule has 1 aromatic carbocycles. The lowest BCUT2D eigenvalue weighted by atomic mass is 9.88. The van der Waals surface area contributed by atoms with E-state index in [0.717, 1.165) is 25.9 Å². The van der Waals surface area contributed by atoms with Crippen LogP contribution in [0.5, 0.6) is 0 Å². The molecular weight excluding hydrogens is 217 g/mol. The van der Waals surface area contributed by atoms with Crippen LogP contribution in [0.2, 0.25) is 0 Å². The molecule has 92 valence electrons. The summed E-state index contributed by atoms with van der Waals surface area (Å²) >= 11 is 0. The van der Waals surface area contributed by atoms with E-state index in [2.05, 4.69) is 5.32 Å². The van der Waals surface area contributed by atoms with Gasteiger partial charge >= 0.3 is 0 Å². The summed E-state index contributed by atoms with van der Waals surface area (Å²) in [5.74, 6) is -0.162. The summed E-state index contributed by atoms with van der Waals surface area (Å²) < 4.78 is 14.3. The monoisotopic (exact) mass is 235 g/mol. The molecule has 1 saturated heterocycles. The standard InChI is InChI=1S/C14H18FNO/c1-2-13(17)12-5-3-4-11(14(12)15)10-6-8-16-9-7-10/h3-5,10,16H,2,6-9H2,1H3. The normalized spacial score (nSPS) is 17.1. The first-order chi connectivity index (χ1) is 8.24. The van der Waals surface area contributed by atoms with Crippen molar-refractivity contribution in [3.05, 3.63) is 35.1 Å². The van der Waals surface area contributed by atoms with E-state index in [0.29, 0.717) is 12.0 Å². The Hall–Kier alpha value is -1.22. The van der Waals surface area contributed by atoms with E-state index in [1.807, 2.05) is 6.07 Å². The zero-order valence-electron chi connectivity index (χ0n) is 10.1. The van der Waals surface area contributed by atoms with Crippen molar-refractivity contribution in [1.82, 2.24) is 5.32 Å². The number of carbonyl (C=O) groups excluding carboxylic acids is 1. The fraction of sp³-hybridized carbons (Fsp3) is 0.500. The Morgan fingerprint density at radius 1 is 1.41 bits per heavy atom. The Balaban J connectivity index is 2.31. The van der Waals surface area contributed by atoms with Crippen LogP contribution < -0.4 is 5.32 Å². The summed E-state index contributed by atoms with van der Waals surface area (Å²) in [6, 6.07) is 5.20. The minimum atomic E-state index is -0.300. The zero-order chi connectivity index (χ0) is 12.3. The van der Waals surface area contributed by atoms with Crippen LogP contribution in [0.3, 0.4) is 0 Å². The van der Waals surface area contributed by atoms with Crippen LogP contribution in [-0.4, -0.2) is 18.9 Å². The van der Waals surface area contributed by atoms with Gasteiger partial charge in [0, 0.05) is 6.42 Å². The third-order valence-corrected chi connectivity index (χ3v) is 3.43. The lowest BCUT2D eigenvalue weighted by molar-refractivity contribution is 0.0984. The van der Waals surface area contributed by atoms with Crippen molar-refractivity contribution in [3.8, 4) is 0 Å². The Morgan fingerprint density at radius 2 is 2.12 bits per heavy atom. The van der Waals surface area contributed by atoms with Gasteiger partial charge in [-0.25, -0.2) is 4.39 Å². The summed E-state index contributed by atoms with van der Waals surface area (Å²) in [5.41, 5.74) is 0.967. The highest BCUT2D eigenvalue weighted by Crippen LogP contribution is 2.29. The highest BCUT2D eigenvalue weighted by atomic mass is 19.1. The second-order valence-electron chi connectivity index (χ2n) is 4.51. The maximum Gasteiger partial charge on any atom is 0.165 e. The van der Waals surface area contributed by atoms with Crippen LogP contribution in [0.4, 0.5) is 4.39 Å². The van der Waals surface area contributed by atoms with Gasteiger partial charge in [0.15, 0.2) is 5.78 Å². The molecule has 0 radical (unpaired) electrons. The van der Waals surface area contributed by atoms with Gasteiger partial charge in [0.25, 0.3) is 0 Å². The Kier molecular flexibility index (Phi) is 3.89. The third kappa shape index (κ3) is 2.55. The van der Waals surface area contributed by atoms with Crippen molar-refractivity contribution in [2.24, 2.45) is 0 Å². The smallest absolute Gasteiger partial charge is 0.165 e. The molecule has 1 aliphatic rings. The lowest BCUT2D eigenvalue weighted by Crippen LogP contribution is -2.27. The van der Waals surface area contributed by atoms with Crippen LogP contribution in [0.15, 0.2) is 18.2 Å². The van der Waals surface area contributed by atoms with Crippen molar-refractivity contribution in [3.63, 3.8) is 0 Å². The predicted molar refractivity (Wildman–Crippen MR) is 65.9 cm³/mol. The van der Waals surface area contributed by atoms with E-state index in [1.54, 1.807) is 19.1 Å². The molecule has 1 N–H and O–H groups in total. The SMILES string of the molecule is CCC(=O)c1cccc(C2CCNCC2)c1F. The van der Waals surface area contributed by atoms with Gasteiger partial charge in [0.05, 0.1) is 5.56 Å². The molecule has 1 heterocycles. The third-order valence-electron chi connectivity index (χ3n) is 3.43. The van der Waals surface area contributed by atoms with Crippen LogP contribution in [0.1, 0.15) is 48.0 Å². The first-order valence-corrected chi connectivity index (χ1v) is 6.26. The topological polar surface area (TPSA) is 29.1 Å². The van der Waals surface area contributed by atoms with Crippen LogP contribution in [0, 0.1) is 5.82 Å². The second-order valence-corrected chi connectivity index (χ2v) is 4.51. The molecule has 0 aliphatic carbocycles. The van der Waals surface area contributed by atoms with Crippen molar-refractivity contribution < 1.29 is 9.18 Å². The summed E-state index contributed by atoms with van der Waals surface area (Å²) in [4.78, 5) is 11.6. The molecule has 0 aromatic heterocycles. The Morgan fingerprint density at radius 3 is 2.76 bits per heavy atom. The minimum Gasteiger partial charge on any atom is -0.317 e. The van der Waals surface area contributed by atoms with Crippen molar-refractivity contribution in [2.45, 2.75) is 32.1 Å². The lowest BCUT2D eigenvalue weighted by Gasteiger charge is -2.23. The molecule has 1 fully saturated rings. The van der Waals surface area contributed by atoms with Gasteiger partial charge in [0.1, 0.15) is 5.82 Å². The number of ketones is 1. The average molecular weight is 235 g/mol. The molecular formula is C14H18FNO. The number of carbonyl (C=O) groups is 1. The predicted octanol–water partition coefficient (Wildman–Crippen LogP) is 2.89. The molecule has 3 heteroatoms. The molecule has 0 unspecified atom stereocenters. The van der Waals surface area contributed by atoms with Crippen LogP contribution >= 0.6 is 0 Å². The first-order valence-electron chi connectivity index (χ1n) is 6.26. The fourth-order valence-electron chi connectivity index (χ4n) is 2.40. The molecule has 17 heavy (non-hydrogen) atoms. The number of hydrogen-bond acceptors (Lipinski definition) is 2. The Bertz CT molecular complexity index is 411. The van der Waals surface area contributed by atoms with Crippen molar-refractivity contribution in [1.29, 1.82) is 0 Å². The minimum absolute atomic E-state index is 0.113. The van der Waals surface area contributed by atoms with Gasteiger partial charge in [-0.05, 0) is 43.5 Å². The van der Waals surface area contributed by atoms with E-state index in [4.69, 9.17) is 0 Å². The van der Waals surface area contributed by atoms with Gasteiger partial charge < -0.3 is 5.32 Å². The van der Waals surface area contributed by atoms with E-state index in [1.165, 1.54) is 0 Å². The zero-order valence-corrected chi connectivity index (χ0v) is 10.1. The average Bonchev–Trinajstić information content (AvgIpc) is 2.39. The molecule has 0 amide bonds. The summed E-state index contributed by atoms with van der Waals surface area (Å²) in [6.45, 7) is 3.62. The molecule has 1 aliphatic heterocycles. The highest BCUT2D eigenvalue weighted by molar-refractivity contribution is 5.96. The Labute approximate surface area is 101 Å². The number of piperidine rings is 1. The molecule has 1 aromatic rings. The second kappa shape index (κ2) is 5.41. The quantitative estimate of drug-likeness (QED) is 0.816. The highest BCUT2D eigenvalue weighted by Gasteiger charge is 2.21. The van der Waals surface area contributed by atoms with Gasteiger partial charge in [-0.15, -0.1) is 0 Å². The number of hydrogen-bond donors (Lipinski definition) is 1. The molecule has 2 nitrogen and oxygen atoms in total. The molecule has 0 atom stereocenters. The number of rotatable bonds is 3. The fourth-order valence-corrected chi connectivity index (χ4v) is 2.40. The number of nitrogens with one attached hydrogen (secondary N) is 1. The van der Waals surface area contributed by atoms with Gasteiger partial charge in [-0.3, -0.25) is 4.79 Å². The summed E-state index contributed by atoms with van der Waals surface area (Å²) in [7, 11) is 0. The molecule has 0 spiro atoms. The first kappa shape index (κ1) is 12.2. The van der Waals surface area contributed by atoms with Crippen LogP contribution in [-0.2, 0) is 0 Å². The van der Waals surface area contributed by atoms with E-state index < -0.39 is 0 Å². The van der Waals surface area contributed by atoms with E-state index in [-0.39, 0.29) is 23.1 Å². The van der Waals surface area contributed by atoms with Crippen molar-refractivity contribution >= 4 is 5.78 Å². The van der Waals surface area contributed by atoms with E-state index in [9.17, 15) is 9.18 Å².